The van der Waals surface area contributed by atoms with Gasteiger partial charge in [0.15, 0.2) is 0 Å². The molecule has 1 saturated heterocycles. The van der Waals surface area contributed by atoms with Crippen molar-refractivity contribution in [2.24, 2.45) is 5.92 Å². The van der Waals surface area contributed by atoms with Crippen molar-refractivity contribution in [1.29, 1.82) is 0 Å². The molecule has 25 heavy (non-hydrogen) atoms. The zero-order valence-electron chi connectivity index (χ0n) is 14.2. The average molecular weight is 340 g/mol. The number of hydrogen-bond donors (Lipinski definition) is 1. The molecule has 2 amide bonds. The van der Waals surface area contributed by atoms with Gasteiger partial charge in [-0.05, 0) is 36.8 Å². The number of amides is 2. The van der Waals surface area contributed by atoms with Crippen LogP contribution in [0.2, 0.25) is 0 Å². The summed E-state index contributed by atoms with van der Waals surface area (Å²) in [6, 6.07) is 13.8. The van der Waals surface area contributed by atoms with Crippen molar-refractivity contribution >= 4 is 17.5 Å². The lowest BCUT2D eigenvalue weighted by atomic mass is 10.1. The number of hydrogen-bond acceptors (Lipinski definition) is 2. The lowest BCUT2D eigenvalue weighted by molar-refractivity contribution is -0.121. The third-order valence-electron chi connectivity index (χ3n) is 4.38. The second-order valence-electron chi connectivity index (χ2n) is 6.52. The first kappa shape index (κ1) is 17.1. The summed E-state index contributed by atoms with van der Waals surface area (Å²) in [7, 11) is 0. The van der Waals surface area contributed by atoms with Gasteiger partial charge in [0.25, 0.3) is 0 Å². The zero-order valence-corrected chi connectivity index (χ0v) is 14.2. The van der Waals surface area contributed by atoms with E-state index in [0.29, 0.717) is 31.6 Å². The number of rotatable bonds is 5. The van der Waals surface area contributed by atoms with E-state index in [2.05, 4.69) is 5.32 Å². The smallest absolute Gasteiger partial charge is 0.227 e. The molecule has 4 nitrogen and oxygen atoms in total. The Morgan fingerprint density at radius 1 is 1.24 bits per heavy atom. The van der Waals surface area contributed by atoms with Gasteiger partial charge in [-0.1, -0.05) is 29.8 Å². The average Bonchev–Trinajstić information content (AvgIpc) is 2.95. The molecule has 2 aromatic carbocycles. The molecule has 0 radical (unpaired) electrons. The van der Waals surface area contributed by atoms with Crippen molar-refractivity contribution in [2.45, 2.75) is 19.8 Å². The Kier molecular flexibility index (Phi) is 5.12. The number of benzene rings is 2. The van der Waals surface area contributed by atoms with Crippen molar-refractivity contribution in [3.8, 4) is 0 Å². The molecule has 0 spiro atoms. The molecule has 1 fully saturated rings. The number of anilines is 1. The van der Waals surface area contributed by atoms with E-state index < -0.39 is 0 Å². The van der Waals surface area contributed by atoms with Crippen LogP contribution in [-0.2, 0) is 16.0 Å². The standard InChI is InChI=1S/C20H21FN2O2/c1-14-3-2-4-15(9-14)10-19(24)22-12-16-11-20(25)23(13-16)18-7-5-17(21)6-8-18/h2-9,16H,10-13H2,1H3,(H,22,24). The topological polar surface area (TPSA) is 49.4 Å². The van der Waals surface area contributed by atoms with E-state index in [1.807, 2.05) is 31.2 Å². The van der Waals surface area contributed by atoms with Crippen LogP contribution in [0.15, 0.2) is 48.5 Å². The number of halogens is 1. The first-order valence-electron chi connectivity index (χ1n) is 8.39. The molecule has 0 saturated carbocycles. The fourth-order valence-electron chi connectivity index (χ4n) is 3.12. The Morgan fingerprint density at radius 2 is 2.00 bits per heavy atom. The van der Waals surface area contributed by atoms with Crippen molar-refractivity contribution in [2.75, 3.05) is 18.0 Å². The summed E-state index contributed by atoms with van der Waals surface area (Å²) in [6.07, 6.45) is 0.728. The minimum atomic E-state index is -0.324. The maximum atomic E-state index is 13.0. The first-order valence-corrected chi connectivity index (χ1v) is 8.39. The van der Waals surface area contributed by atoms with E-state index in [1.54, 1.807) is 17.0 Å². The monoisotopic (exact) mass is 340 g/mol. The number of nitrogens with one attached hydrogen (secondary N) is 1. The predicted octanol–water partition coefficient (Wildman–Crippen LogP) is 2.85. The second-order valence-corrected chi connectivity index (χ2v) is 6.52. The molecule has 1 atom stereocenters. The van der Waals surface area contributed by atoms with Gasteiger partial charge in [0.2, 0.25) is 11.8 Å². The Morgan fingerprint density at radius 3 is 2.72 bits per heavy atom. The van der Waals surface area contributed by atoms with Gasteiger partial charge >= 0.3 is 0 Å². The molecule has 0 bridgehead atoms. The van der Waals surface area contributed by atoms with E-state index in [-0.39, 0.29) is 23.5 Å². The predicted molar refractivity (Wildman–Crippen MR) is 94.8 cm³/mol. The van der Waals surface area contributed by atoms with Gasteiger partial charge in [-0.25, -0.2) is 4.39 Å². The van der Waals surface area contributed by atoms with E-state index in [1.165, 1.54) is 12.1 Å². The van der Waals surface area contributed by atoms with Crippen LogP contribution < -0.4 is 10.2 Å². The minimum Gasteiger partial charge on any atom is -0.355 e. The van der Waals surface area contributed by atoms with Crippen LogP contribution in [0, 0.1) is 18.7 Å². The summed E-state index contributed by atoms with van der Waals surface area (Å²) >= 11 is 0. The second kappa shape index (κ2) is 7.47. The van der Waals surface area contributed by atoms with E-state index in [4.69, 9.17) is 0 Å². The van der Waals surface area contributed by atoms with Crippen LogP contribution in [0.25, 0.3) is 0 Å². The Hall–Kier alpha value is -2.69. The zero-order chi connectivity index (χ0) is 17.8. The summed E-state index contributed by atoms with van der Waals surface area (Å²) in [5, 5.41) is 2.92. The molecule has 1 aliphatic heterocycles. The van der Waals surface area contributed by atoms with Crippen molar-refractivity contribution in [3.05, 3.63) is 65.5 Å². The summed E-state index contributed by atoms with van der Waals surface area (Å²) < 4.78 is 13.0. The van der Waals surface area contributed by atoms with Crippen LogP contribution in [-0.4, -0.2) is 24.9 Å². The van der Waals surface area contributed by atoms with Gasteiger partial charge in [-0.15, -0.1) is 0 Å². The molecule has 130 valence electrons. The molecule has 3 rings (SSSR count). The van der Waals surface area contributed by atoms with Crippen molar-refractivity contribution in [3.63, 3.8) is 0 Å². The molecular weight excluding hydrogens is 319 g/mol. The lowest BCUT2D eigenvalue weighted by Crippen LogP contribution is -2.32. The highest BCUT2D eigenvalue weighted by Crippen LogP contribution is 2.24. The quantitative estimate of drug-likeness (QED) is 0.910. The lowest BCUT2D eigenvalue weighted by Gasteiger charge is -2.17. The van der Waals surface area contributed by atoms with E-state index >= 15 is 0 Å². The highest BCUT2D eigenvalue weighted by Gasteiger charge is 2.30. The summed E-state index contributed by atoms with van der Waals surface area (Å²) in [5.41, 5.74) is 2.80. The minimum absolute atomic E-state index is 0.00420. The van der Waals surface area contributed by atoms with E-state index in [0.717, 1.165) is 11.1 Å². The summed E-state index contributed by atoms with van der Waals surface area (Å²) in [5.74, 6) is -0.294. The van der Waals surface area contributed by atoms with Crippen LogP contribution >= 0.6 is 0 Å². The summed E-state index contributed by atoms with van der Waals surface area (Å²) in [6.45, 7) is 3.00. The molecule has 1 aliphatic rings. The van der Waals surface area contributed by atoms with Crippen LogP contribution in [0.1, 0.15) is 17.5 Å². The fourth-order valence-corrected chi connectivity index (χ4v) is 3.12. The Labute approximate surface area is 146 Å². The molecule has 1 heterocycles. The maximum absolute atomic E-state index is 13.0. The van der Waals surface area contributed by atoms with Gasteiger partial charge in [-0.2, -0.15) is 0 Å². The van der Waals surface area contributed by atoms with Crippen molar-refractivity contribution in [1.82, 2.24) is 5.32 Å². The molecule has 0 aliphatic carbocycles. The number of aryl methyl sites for hydroxylation is 1. The fraction of sp³-hybridized carbons (Fsp3) is 0.300. The Balaban J connectivity index is 1.51. The molecule has 0 aromatic heterocycles. The molecule has 1 unspecified atom stereocenters. The van der Waals surface area contributed by atoms with Crippen LogP contribution in [0.5, 0.6) is 0 Å². The molecule has 5 heteroatoms. The van der Waals surface area contributed by atoms with Gasteiger partial charge in [0, 0.05) is 31.1 Å². The maximum Gasteiger partial charge on any atom is 0.227 e. The number of carbonyl (C=O) groups excluding carboxylic acids is 2. The van der Waals surface area contributed by atoms with Gasteiger partial charge < -0.3 is 10.2 Å². The third kappa shape index (κ3) is 4.44. The molecular formula is C20H21FN2O2. The van der Waals surface area contributed by atoms with Gasteiger partial charge in [0.1, 0.15) is 5.82 Å². The largest absolute Gasteiger partial charge is 0.355 e. The number of carbonyl (C=O) groups is 2. The van der Waals surface area contributed by atoms with Crippen molar-refractivity contribution < 1.29 is 14.0 Å². The summed E-state index contributed by atoms with van der Waals surface area (Å²) in [4.78, 5) is 25.9. The van der Waals surface area contributed by atoms with Crippen LogP contribution in [0.4, 0.5) is 10.1 Å². The Bertz CT molecular complexity index is 774. The highest BCUT2D eigenvalue weighted by molar-refractivity contribution is 5.95. The number of nitrogens with zero attached hydrogens (tertiary/aromatic N) is 1. The highest BCUT2D eigenvalue weighted by atomic mass is 19.1. The van der Waals surface area contributed by atoms with E-state index in [9.17, 15) is 14.0 Å². The third-order valence-corrected chi connectivity index (χ3v) is 4.38. The van der Waals surface area contributed by atoms with Gasteiger partial charge in [-0.3, -0.25) is 9.59 Å². The molecule has 2 aromatic rings. The molecule has 1 N–H and O–H groups in total. The first-order chi connectivity index (χ1) is 12.0. The normalized spacial score (nSPS) is 17.0. The van der Waals surface area contributed by atoms with Gasteiger partial charge in [0.05, 0.1) is 6.42 Å². The van der Waals surface area contributed by atoms with Crippen LogP contribution in [0.3, 0.4) is 0 Å². The SMILES string of the molecule is Cc1cccc(CC(=O)NCC2CC(=O)N(c3ccc(F)cc3)C2)c1.